The first kappa shape index (κ1) is 18.9. The monoisotopic (exact) mass is 383 g/mol. The van der Waals surface area contributed by atoms with Crippen LogP contribution in [0.1, 0.15) is 12.0 Å². The third-order valence-corrected chi connectivity index (χ3v) is 5.55. The molecule has 0 aliphatic carbocycles. The van der Waals surface area contributed by atoms with Crippen LogP contribution < -0.4 is 5.32 Å². The van der Waals surface area contributed by atoms with E-state index in [4.69, 9.17) is 0 Å². The van der Waals surface area contributed by atoms with E-state index < -0.39 is 54.4 Å². The lowest BCUT2D eigenvalue weighted by Gasteiger charge is -2.13. The third-order valence-electron chi connectivity index (χ3n) is 3.71. The lowest BCUT2D eigenvalue weighted by Crippen LogP contribution is -2.18. The van der Waals surface area contributed by atoms with Crippen molar-refractivity contribution in [1.29, 1.82) is 0 Å². The number of benzene rings is 1. The molecule has 2 rings (SSSR count). The van der Waals surface area contributed by atoms with Crippen LogP contribution in [0.3, 0.4) is 0 Å². The number of hydrogen-bond acceptors (Lipinski definition) is 7. The van der Waals surface area contributed by atoms with Gasteiger partial charge >= 0.3 is 6.18 Å². The first-order valence-electron chi connectivity index (χ1n) is 6.89. The van der Waals surface area contributed by atoms with Crippen molar-refractivity contribution in [3.05, 3.63) is 37.9 Å². The van der Waals surface area contributed by atoms with Crippen LogP contribution >= 0.6 is 0 Å². The highest BCUT2D eigenvalue weighted by atomic mass is 32.2. The number of alkyl halides is 3. The van der Waals surface area contributed by atoms with E-state index in [2.05, 4.69) is 5.32 Å². The molecule has 25 heavy (non-hydrogen) atoms. The van der Waals surface area contributed by atoms with Crippen LogP contribution in [0.25, 0.3) is 0 Å². The fourth-order valence-corrected chi connectivity index (χ4v) is 4.39. The quantitative estimate of drug-likeness (QED) is 0.609. The van der Waals surface area contributed by atoms with E-state index in [0.29, 0.717) is 0 Å². The number of rotatable bonds is 5. The Labute approximate surface area is 139 Å². The summed E-state index contributed by atoms with van der Waals surface area (Å²) < 4.78 is 61.1. The zero-order valence-corrected chi connectivity index (χ0v) is 13.3. The Kier molecular flexibility index (Phi) is 4.88. The molecule has 1 heterocycles. The van der Waals surface area contributed by atoms with E-state index in [-0.39, 0.29) is 36.6 Å². The Morgan fingerprint density at radius 3 is 2.04 bits per heavy atom. The summed E-state index contributed by atoms with van der Waals surface area (Å²) in [6, 6.07) is 0.418. The van der Waals surface area contributed by atoms with Crippen LogP contribution in [0.4, 0.5) is 30.2 Å². The van der Waals surface area contributed by atoms with Crippen LogP contribution in [-0.4, -0.2) is 36.3 Å². The first-order chi connectivity index (χ1) is 11.4. The van der Waals surface area contributed by atoms with Gasteiger partial charge in [0, 0.05) is 18.7 Å². The summed E-state index contributed by atoms with van der Waals surface area (Å²) in [6.45, 7) is -0.147. The molecule has 1 aliphatic heterocycles. The standard InChI is InChI=1S/C12H12F3N3O6S/c13-12(14,15)8-3-9(17(19)20)11(10(4-8)18(21)22)16-5-7-1-2-25(23,24)6-7/h3-4,7,16H,1-2,5-6H2/t7-/m1/s1. The van der Waals surface area contributed by atoms with E-state index in [0.717, 1.165) is 0 Å². The van der Waals surface area contributed by atoms with Crippen LogP contribution in [0.15, 0.2) is 12.1 Å². The van der Waals surface area contributed by atoms with E-state index in [1.54, 1.807) is 0 Å². The summed E-state index contributed by atoms with van der Waals surface area (Å²) in [4.78, 5) is 19.8. The number of nitrogens with zero attached hydrogens (tertiary/aromatic N) is 2. The van der Waals surface area contributed by atoms with Gasteiger partial charge in [-0.2, -0.15) is 13.2 Å². The van der Waals surface area contributed by atoms with Gasteiger partial charge in [-0.05, 0) is 12.3 Å². The van der Waals surface area contributed by atoms with Crippen molar-refractivity contribution in [3.8, 4) is 0 Å². The van der Waals surface area contributed by atoms with Crippen molar-refractivity contribution in [1.82, 2.24) is 0 Å². The van der Waals surface area contributed by atoms with E-state index in [1.165, 1.54) is 0 Å². The second kappa shape index (κ2) is 6.46. The SMILES string of the molecule is O=[N+]([O-])c1cc(C(F)(F)F)cc([N+](=O)[O-])c1NC[C@H]1CCS(=O)(=O)C1. The maximum absolute atomic E-state index is 12.8. The lowest BCUT2D eigenvalue weighted by atomic mass is 10.1. The average molecular weight is 383 g/mol. The summed E-state index contributed by atoms with van der Waals surface area (Å²) in [7, 11) is -3.24. The van der Waals surface area contributed by atoms with Crippen LogP contribution in [0.5, 0.6) is 0 Å². The fourth-order valence-electron chi connectivity index (χ4n) is 2.52. The molecule has 1 aromatic rings. The predicted molar refractivity (Wildman–Crippen MR) is 80.0 cm³/mol. The van der Waals surface area contributed by atoms with Crippen LogP contribution in [-0.2, 0) is 16.0 Å². The van der Waals surface area contributed by atoms with Gasteiger partial charge in [0.25, 0.3) is 11.4 Å². The van der Waals surface area contributed by atoms with Crippen molar-refractivity contribution >= 4 is 26.9 Å². The average Bonchev–Trinajstić information content (AvgIpc) is 2.82. The number of nitro groups is 2. The molecule has 0 radical (unpaired) electrons. The van der Waals surface area contributed by atoms with E-state index in [9.17, 15) is 41.8 Å². The minimum Gasteiger partial charge on any atom is -0.374 e. The Hall–Kier alpha value is -2.44. The molecular formula is C12H12F3N3O6S. The van der Waals surface area contributed by atoms with Gasteiger partial charge in [0.15, 0.2) is 15.5 Å². The second-order valence-electron chi connectivity index (χ2n) is 5.55. The highest BCUT2D eigenvalue weighted by Gasteiger charge is 2.38. The number of anilines is 1. The van der Waals surface area contributed by atoms with Gasteiger partial charge < -0.3 is 5.32 Å². The van der Waals surface area contributed by atoms with Gasteiger partial charge in [-0.25, -0.2) is 8.42 Å². The number of nitro benzene ring substituents is 2. The minimum atomic E-state index is -4.99. The number of halogens is 3. The van der Waals surface area contributed by atoms with Crippen molar-refractivity contribution in [2.75, 3.05) is 23.4 Å². The summed E-state index contributed by atoms with van der Waals surface area (Å²) in [5, 5.41) is 24.5. The number of hydrogen-bond donors (Lipinski definition) is 1. The third kappa shape index (κ3) is 4.35. The van der Waals surface area contributed by atoms with E-state index in [1.807, 2.05) is 0 Å². The van der Waals surface area contributed by atoms with E-state index >= 15 is 0 Å². The molecule has 1 aromatic carbocycles. The van der Waals surface area contributed by atoms with Crippen molar-refractivity contribution < 1.29 is 31.4 Å². The maximum atomic E-state index is 12.8. The van der Waals surface area contributed by atoms with Gasteiger partial charge in [0.1, 0.15) is 0 Å². The minimum absolute atomic E-state index is 0.0729. The number of sulfone groups is 1. The van der Waals surface area contributed by atoms with Crippen molar-refractivity contribution in [2.45, 2.75) is 12.6 Å². The number of nitrogens with one attached hydrogen (secondary N) is 1. The van der Waals surface area contributed by atoms with Crippen LogP contribution in [0.2, 0.25) is 0 Å². The Morgan fingerprint density at radius 1 is 1.16 bits per heavy atom. The molecule has 0 aromatic heterocycles. The molecule has 1 saturated heterocycles. The summed E-state index contributed by atoms with van der Waals surface area (Å²) >= 11 is 0. The fraction of sp³-hybridized carbons (Fsp3) is 0.500. The highest BCUT2D eigenvalue weighted by Crippen LogP contribution is 2.41. The molecule has 0 saturated carbocycles. The Bertz CT molecular complexity index is 789. The zero-order valence-electron chi connectivity index (χ0n) is 12.4. The normalized spacial score (nSPS) is 19.6. The molecule has 1 aliphatic rings. The topological polar surface area (TPSA) is 132 Å². The second-order valence-corrected chi connectivity index (χ2v) is 7.78. The van der Waals surface area contributed by atoms with Gasteiger partial charge in [-0.3, -0.25) is 20.2 Å². The molecule has 0 spiro atoms. The molecule has 13 heteroatoms. The molecule has 1 atom stereocenters. The zero-order chi connectivity index (χ0) is 19.0. The van der Waals surface area contributed by atoms with Crippen molar-refractivity contribution in [3.63, 3.8) is 0 Å². The molecule has 0 amide bonds. The largest absolute Gasteiger partial charge is 0.416 e. The first-order valence-corrected chi connectivity index (χ1v) is 8.71. The maximum Gasteiger partial charge on any atom is 0.416 e. The lowest BCUT2D eigenvalue weighted by molar-refractivity contribution is -0.392. The van der Waals surface area contributed by atoms with Crippen LogP contribution in [0, 0.1) is 26.1 Å². The van der Waals surface area contributed by atoms with Crippen molar-refractivity contribution in [2.24, 2.45) is 5.92 Å². The molecule has 1 fully saturated rings. The van der Waals surface area contributed by atoms with Gasteiger partial charge in [0.2, 0.25) is 0 Å². The smallest absolute Gasteiger partial charge is 0.374 e. The molecule has 0 bridgehead atoms. The van der Waals surface area contributed by atoms with Gasteiger partial charge in [-0.15, -0.1) is 0 Å². The summed E-state index contributed by atoms with van der Waals surface area (Å²) in [5.41, 5.74) is -4.38. The molecule has 1 N–H and O–H groups in total. The summed E-state index contributed by atoms with van der Waals surface area (Å²) in [6.07, 6.45) is -4.73. The molecule has 0 unspecified atom stereocenters. The molecule has 138 valence electrons. The Balaban J connectivity index is 2.41. The van der Waals surface area contributed by atoms with Gasteiger partial charge in [0.05, 0.1) is 26.9 Å². The molecule has 9 nitrogen and oxygen atoms in total. The summed E-state index contributed by atoms with van der Waals surface area (Å²) in [5.74, 6) is -0.704. The van der Waals surface area contributed by atoms with Gasteiger partial charge in [-0.1, -0.05) is 0 Å². The highest BCUT2D eigenvalue weighted by molar-refractivity contribution is 7.91. The Morgan fingerprint density at radius 2 is 1.68 bits per heavy atom. The predicted octanol–water partition coefficient (Wildman–Crippen LogP) is 2.37. The molecular weight excluding hydrogens is 371 g/mol.